The molecule has 6 nitrogen and oxygen atoms in total. The molecule has 0 saturated heterocycles. The fraction of sp³-hybridized carbons (Fsp3) is 0.704. The third-order valence-electron chi connectivity index (χ3n) is 8.71. The van der Waals surface area contributed by atoms with Crippen LogP contribution in [0.3, 0.4) is 0 Å². The third-order valence-corrected chi connectivity index (χ3v) is 14.8. The highest BCUT2D eigenvalue weighted by atomic mass is 28.4. The largest absolute Gasteiger partial charge is 0.462 e. The molecule has 0 radical (unpaired) electrons. The van der Waals surface area contributed by atoms with Crippen LogP contribution in [0.25, 0.3) is 11.0 Å². The highest BCUT2D eigenvalue weighted by molar-refractivity contribution is 6.77. The molecule has 2 aromatic heterocycles. The molecule has 2 fully saturated rings. The van der Waals surface area contributed by atoms with Crippen molar-refractivity contribution in [3.8, 4) is 0 Å². The predicted molar refractivity (Wildman–Crippen MR) is 141 cm³/mol. The van der Waals surface area contributed by atoms with E-state index in [2.05, 4.69) is 56.8 Å². The lowest BCUT2D eigenvalue weighted by molar-refractivity contribution is 0.0527. The third kappa shape index (κ3) is 4.30. The van der Waals surface area contributed by atoms with Gasteiger partial charge in [0.25, 0.3) is 0 Å². The summed E-state index contributed by atoms with van der Waals surface area (Å²) in [4.78, 5) is 20.4. The maximum absolute atomic E-state index is 12.8. The van der Waals surface area contributed by atoms with Gasteiger partial charge >= 0.3 is 5.97 Å². The lowest BCUT2D eigenvalue weighted by atomic mass is 9.84. The summed E-state index contributed by atoms with van der Waals surface area (Å²) in [5, 5.41) is 4.81. The van der Waals surface area contributed by atoms with E-state index in [1.165, 1.54) is 19.3 Å². The van der Waals surface area contributed by atoms with Crippen LogP contribution in [0.2, 0.25) is 16.6 Å². The van der Waals surface area contributed by atoms with E-state index in [0.29, 0.717) is 52.6 Å². The molecule has 2 saturated carbocycles. The number of ether oxygens (including phenoxy) is 1. The van der Waals surface area contributed by atoms with Crippen LogP contribution < -0.4 is 5.32 Å². The van der Waals surface area contributed by atoms with E-state index < -0.39 is 8.32 Å². The Morgan fingerprint density at radius 2 is 1.82 bits per heavy atom. The molecule has 2 bridgehead atoms. The van der Waals surface area contributed by atoms with Gasteiger partial charge in [0.2, 0.25) is 0 Å². The Balaban J connectivity index is 1.63. The standard InChI is InChI=1S/C27H43N3O3Si/c1-8-32-27(31)22-14-29-26-21(11-12-28-26)25(22)30-24-20-10-9-19(13-20)23(24)15-33-34(16(2)3,17(4)5)18(6)7/h11-12,14,16-20,23-24H,8-10,13,15H2,1-7H3,(H2,28,29,30)/t19-,20?,23+,24-/m0/s1. The van der Waals surface area contributed by atoms with Gasteiger partial charge in [0.05, 0.1) is 12.3 Å². The fourth-order valence-corrected chi connectivity index (χ4v) is 12.8. The summed E-state index contributed by atoms with van der Waals surface area (Å²) in [7, 11) is -1.93. The van der Waals surface area contributed by atoms with Crippen LogP contribution in [-0.2, 0) is 9.16 Å². The first-order valence-corrected chi connectivity index (χ1v) is 15.4. The van der Waals surface area contributed by atoms with Gasteiger partial charge in [0.15, 0.2) is 8.32 Å². The van der Waals surface area contributed by atoms with Gasteiger partial charge in [0.1, 0.15) is 11.2 Å². The van der Waals surface area contributed by atoms with E-state index in [1.54, 1.807) is 6.20 Å². The van der Waals surface area contributed by atoms with Crippen molar-refractivity contribution in [1.82, 2.24) is 9.97 Å². The molecule has 0 aromatic carbocycles. The molecule has 2 N–H and O–H groups in total. The lowest BCUT2D eigenvalue weighted by Crippen LogP contribution is -2.50. The molecular formula is C27H43N3O3Si. The van der Waals surface area contributed by atoms with Crippen LogP contribution in [0.5, 0.6) is 0 Å². The average molecular weight is 486 g/mol. The molecule has 4 atom stereocenters. The Hall–Kier alpha value is -1.86. The normalized spacial score (nSPS) is 24.6. The van der Waals surface area contributed by atoms with Crippen LogP contribution in [0.15, 0.2) is 18.5 Å². The molecule has 1 unspecified atom stereocenters. The molecule has 34 heavy (non-hydrogen) atoms. The quantitative estimate of drug-likeness (QED) is 0.287. The van der Waals surface area contributed by atoms with Gasteiger partial charge in [-0.15, -0.1) is 0 Å². The van der Waals surface area contributed by atoms with Gasteiger partial charge in [0, 0.05) is 36.3 Å². The van der Waals surface area contributed by atoms with E-state index in [9.17, 15) is 4.79 Å². The number of nitrogens with one attached hydrogen (secondary N) is 2. The number of fused-ring (bicyclic) bond motifs is 3. The number of hydrogen-bond acceptors (Lipinski definition) is 5. The second-order valence-electron chi connectivity index (χ2n) is 11.3. The number of esters is 1. The summed E-state index contributed by atoms with van der Waals surface area (Å²) in [6, 6.07) is 2.30. The van der Waals surface area contributed by atoms with E-state index in [4.69, 9.17) is 9.16 Å². The predicted octanol–water partition coefficient (Wildman–Crippen LogP) is 6.76. The Morgan fingerprint density at radius 1 is 1.15 bits per heavy atom. The number of aromatic amines is 1. The Morgan fingerprint density at radius 3 is 2.47 bits per heavy atom. The second-order valence-corrected chi connectivity index (χ2v) is 16.8. The minimum Gasteiger partial charge on any atom is -0.462 e. The highest BCUT2D eigenvalue weighted by Crippen LogP contribution is 2.51. The SMILES string of the molecule is CCOC(=O)c1cnc2[nH]ccc2c1N[C@H]1C2CC[C@@H](C2)[C@H]1CO[Si](C(C)C)(C(C)C)C(C)C. The van der Waals surface area contributed by atoms with Gasteiger partial charge in [-0.25, -0.2) is 9.78 Å². The molecule has 2 aliphatic carbocycles. The van der Waals surface area contributed by atoms with Crippen molar-refractivity contribution in [3.05, 3.63) is 24.0 Å². The lowest BCUT2D eigenvalue weighted by Gasteiger charge is -2.44. The fourth-order valence-electron chi connectivity index (χ4n) is 7.31. The molecular weight excluding hydrogens is 442 g/mol. The molecule has 0 spiro atoms. The van der Waals surface area contributed by atoms with Crippen molar-refractivity contribution >= 4 is 31.0 Å². The Labute approximate surface area is 205 Å². The molecule has 188 valence electrons. The smallest absolute Gasteiger partial charge is 0.341 e. The maximum atomic E-state index is 12.8. The number of carbonyl (C=O) groups excluding carboxylic acids is 1. The molecule has 0 amide bonds. The maximum Gasteiger partial charge on any atom is 0.341 e. The van der Waals surface area contributed by atoms with Crippen LogP contribution in [0.4, 0.5) is 5.69 Å². The van der Waals surface area contributed by atoms with Crippen molar-refractivity contribution in [2.24, 2.45) is 17.8 Å². The minimum absolute atomic E-state index is 0.297. The topological polar surface area (TPSA) is 76.2 Å². The van der Waals surface area contributed by atoms with E-state index in [1.807, 2.05) is 19.2 Å². The molecule has 0 aliphatic heterocycles. The van der Waals surface area contributed by atoms with Gasteiger partial charge in [-0.05, 0) is 60.7 Å². The van der Waals surface area contributed by atoms with Crippen molar-refractivity contribution in [2.45, 2.75) is 90.4 Å². The van der Waals surface area contributed by atoms with Gasteiger partial charge in [-0.1, -0.05) is 41.5 Å². The van der Waals surface area contributed by atoms with Crippen LogP contribution in [0.1, 0.15) is 78.1 Å². The van der Waals surface area contributed by atoms with Gasteiger partial charge < -0.3 is 19.5 Å². The van der Waals surface area contributed by atoms with Gasteiger partial charge in [-0.2, -0.15) is 0 Å². The number of aromatic nitrogens is 2. The number of nitrogens with zero attached hydrogens (tertiary/aromatic N) is 1. The first kappa shape index (κ1) is 25.2. The highest BCUT2D eigenvalue weighted by Gasteiger charge is 2.51. The van der Waals surface area contributed by atoms with Crippen LogP contribution in [-0.4, -0.2) is 43.5 Å². The zero-order chi connectivity index (χ0) is 24.6. The number of pyridine rings is 1. The summed E-state index contributed by atoms with van der Waals surface area (Å²) >= 11 is 0. The summed E-state index contributed by atoms with van der Waals surface area (Å²) in [6.07, 6.45) is 7.31. The number of carbonyl (C=O) groups is 1. The number of hydrogen-bond donors (Lipinski definition) is 2. The number of H-pyrrole nitrogens is 1. The van der Waals surface area contributed by atoms with Gasteiger partial charge in [-0.3, -0.25) is 0 Å². The van der Waals surface area contributed by atoms with E-state index in [0.717, 1.165) is 23.3 Å². The van der Waals surface area contributed by atoms with Crippen molar-refractivity contribution in [1.29, 1.82) is 0 Å². The van der Waals surface area contributed by atoms with Crippen molar-refractivity contribution in [3.63, 3.8) is 0 Å². The average Bonchev–Trinajstić information content (AvgIpc) is 3.50. The first-order chi connectivity index (χ1) is 16.2. The summed E-state index contributed by atoms with van der Waals surface area (Å²) in [5.74, 6) is 1.45. The van der Waals surface area contributed by atoms with Crippen molar-refractivity contribution in [2.75, 3.05) is 18.5 Å². The number of anilines is 1. The first-order valence-electron chi connectivity index (χ1n) is 13.2. The molecule has 2 aliphatic rings. The molecule has 4 rings (SSSR count). The Bertz CT molecular complexity index is 980. The molecule has 2 heterocycles. The second kappa shape index (κ2) is 10.0. The molecule has 2 aromatic rings. The Kier molecular flexibility index (Phi) is 7.43. The summed E-state index contributed by atoms with van der Waals surface area (Å²) in [6.45, 7) is 17.1. The van der Waals surface area contributed by atoms with Crippen molar-refractivity contribution < 1.29 is 14.0 Å². The minimum atomic E-state index is -1.93. The zero-order valence-corrected chi connectivity index (χ0v) is 23.0. The number of rotatable bonds is 10. The van der Waals surface area contributed by atoms with Crippen LogP contribution in [0, 0.1) is 17.8 Å². The summed E-state index contributed by atoms with van der Waals surface area (Å²) in [5.41, 5.74) is 3.89. The monoisotopic (exact) mass is 485 g/mol. The van der Waals surface area contributed by atoms with Crippen LogP contribution >= 0.6 is 0 Å². The molecule has 7 heteroatoms. The zero-order valence-electron chi connectivity index (χ0n) is 22.0. The van der Waals surface area contributed by atoms with E-state index >= 15 is 0 Å². The summed E-state index contributed by atoms with van der Waals surface area (Å²) < 4.78 is 12.5. The van der Waals surface area contributed by atoms with E-state index in [-0.39, 0.29) is 5.97 Å².